The van der Waals surface area contributed by atoms with Crippen LogP contribution in [0.3, 0.4) is 0 Å². The first kappa shape index (κ1) is 22.7. The van der Waals surface area contributed by atoms with Crippen molar-refractivity contribution in [3.8, 4) is 5.75 Å². The van der Waals surface area contributed by atoms with Gasteiger partial charge < -0.3 is 15.0 Å². The molecule has 1 aromatic rings. The molecule has 3 aliphatic carbocycles. The minimum Gasteiger partial charge on any atom is -0.497 e. The van der Waals surface area contributed by atoms with E-state index in [2.05, 4.69) is 19.2 Å². The number of fused-ring (bicyclic) bond motifs is 5. The first-order valence-electron chi connectivity index (χ1n) is 12.5. The lowest BCUT2D eigenvalue weighted by Gasteiger charge is -2.62. The predicted molar refractivity (Wildman–Crippen MR) is 126 cm³/mol. The van der Waals surface area contributed by atoms with Crippen LogP contribution in [0, 0.1) is 34.5 Å². The molecule has 5 rings (SSSR count). The first-order valence-corrected chi connectivity index (χ1v) is 12.5. The molecule has 1 aromatic carbocycles. The smallest absolute Gasteiger partial charge is 0.257 e. The third kappa shape index (κ3) is 3.38. The minimum atomic E-state index is -1.38. The largest absolute Gasteiger partial charge is 0.497 e. The van der Waals surface area contributed by atoms with E-state index in [9.17, 15) is 14.0 Å². The number of benzene rings is 1. The van der Waals surface area contributed by atoms with Gasteiger partial charge in [0.2, 0.25) is 5.91 Å². The molecule has 5 nitrogen and oxygen atoms in total. The number of anilines is 1. The van der Waals surface area contributed by atoms with Gasteiger partial charge in [-0.1, -0.05) is 19.9 Å². The zero-order chi connectivity index (χ0) is 23.5. The zero-order valence-corrected chi connectivity index (χ0v) is 20.3. The lowest BCUT2D eigenvalue weighted by atomic mass is 9.46. The molecule has 6 heteroatoms. The van der Waals surface area contributed by atoms with Crippen molar-refractivity contribution >= 4 is 17.5 Å². The van der Waals surface area contributed by atoms with Crippen molar-refractivity contribution in [1.82, 2.24) is 4.90 Å². The highest BCUT2D eigenvalue weighted by Gasteiger charge is 2.63. The van der Waals surface area contributed by atoms with Gasteiger partial charge in [0.25, 0.3) is 5.91 Å². The van der Waals surface area contributed by atoms with Crippen molar-refractivity contribution < 1.29 is 18.7 Å². The molecule has 180 valence electrons. The topological polar surface area (TPSA) is 58.6 Å². The van der Waals surface area contributed by atoms with Crippen LogP contribution in [0.4, 0.5) is 10.1 Å². The Hall–Kier alpha value is -2.11. The number of amides is 2. The zero-order valence-electron chi connectivity index (χ0n) is 20.3. The lowest BCUT2D eigenvalue weighted by Crippen LogP contribution is -2.64. The van der Waals surface area contributed by atoms with Crippen LogP contribution in [0.5, 0.6) is 5.75 Å². The number of nitrogens with zero attached hydrogens (tertiary/aromatic N) is 1. The molecule has 3 saturated carbocycles. The Balaban J connectivity index is 1.36. The van der Waals surface area contributed by atoms with Crippen molar-refractivity contribution in [3.05, 3.63) is 24.3 Å². The monoisotopic (exact) mass is 456 g/mol. The van der Waals surface area contributed by atoms with Crippen LogP contribution in [0.2, 0.25) is 0 Å². The molecule has 0 aromatic heterocycles. The Morgan fingerprint density at radius 3 is 2.64 bits per heavy atom. The quantitative estimate of drug-likeness (QED) is 0.692. The molecule has 4 fully saturated rings. The normalized spacial score (nSPS) is 42.2. The molecule has 4 aliphatic rings. The average Bonchev–Trinajstić information content (AvgIpc) is 3.15. The van der Waals surface area contributed by atoms with Gasteiger partial charge in [-0.25, -0.2) is 4.39 Å². The molecule has 0 bridgehead atoms. The number of likely N-dealkylation sites (tertiary alicyclic amines) is 1. The molecule has 1 N–H and O–H groups in total. The van der Waals surface area contributed by atoms with Gasteiger partial charge in [-0.2, -0.15) is 0 Å². The fourth-order valence-corrected chi connectivity index (χ4v) is 8.57. The number of ether oxygens (including phenoxy) is 1. The van der Waals surface area contributed by atoms with Gasteiger partial charge in [0, 0.05) is 30.8 Å². The Morgan fingerprint density at radius 2 is 1.88 bits per heavy atom. The van der Waals surface area contributed by atoms with E-state index < -0.39 is 6.17 Å². The van der Waals surface area contributed by atoms with Gasteiger partial charge in [-0.15, -0.1) is 0 Å². The highest BCUT2D eigenvalue weighted by atomic mass is 19.1. The van der Waals surface area contributed by atoms with Crippen LogP contribution < -0.4 is 10.1 Å². The van der Waals surface area contributed by atoms with Gasteiger partial charge in [-0.05, 0) is 85.7 Å². The molecular weight excluding hydrogens is 419 g/mol. The Bertz CT molecular complexity index is 953. The molecule has 8 atom stereocenters. The first-order chi connectivity index (χ1) is 15.7. The van der Waals surface area contributed by atoms with Crippen molar-refractivity contribution in [1.29, 1.82) is 0 Å². The molecule has 33 heavy (non-hydrogen) atoms. The third-order valence-corrected chi connectivity index (χ3v) is 10.2. The number of rotatable bonds is 3. The molecule has 1 aliphatic heterocycles. The maximum atomic E-state index is 14.7. The van der Waals surface area contributed by atoms with Crippen LogP contribution in [-0.4, -0.2) is 43.1 Å². The van der Waals surface area contributed by atoms with Crippen LogP contribution in [0.1, 0.15) is 58.8 Å². The van der Waals surface area contributed by atoms with Crippen molar-refractivity contribution in [2.45, 2.75) is 71.0 Å². The summed E-state index contributed by atoms with van der Waals surface area (Å²) in [6.07, 6.45) is 4.96. The summed E-state index contributed by atoms with van der Waals surface area (Å²) in [6, 6.07) is 7.67. The molecule has 2 amide bonds. The summed E-state index contributed by atoms with van der Waals surface area (Å²) in [7, 11) is 3.42. The number of hydrogen-bond acceptors (Lipinski definition) is 3. The summed E-state index contributed by atoms with van der Waals surface area (Å²) >= 11 is 0. The lowest BCUT2D eigenvalue weighted by molar-refractivity contribution is -0.169. The number of carbonyl (C=O) groups excluding carboxylic acids is 2. The standard InChI is InChI=1S/C27H37FN2O3/c1-26-13-12-20-18(8-11-23-27(20,2)15-22(28)25(32)30(23)3)19(26)9-10-21(26)24(31)29-16-6-5-7-17(14-16)33-4/h5-7,14,18-23H,8-13,15H2,1-4H3,(H,29,31)/t18-,19-,20+,21?,22?,23?,26-,27+/m0/s1. The van der Waals surface area contributed by atoms with Gasteiger partial charge in [0.05, 0.1) is 7.11 Å². The number of carbonyl (C=O) groups is 2. The number of methoxy groups -OCH3 is 1. The van der Waals surface area contributed by atoms with Gasteiger partial charge in [-0.3, -0.25) is 9.59 Å². The molecule has 1 saturated heterocycles. The number of hydrogen-bond donors (Lipinski definition) is 1. The van der Waals surface area contributed by atoms with Gasteiger partial charge in [0.1, 0.15) is 5.75 Å². The number of piperidine rings is 1. The summed E-state index contributed by atoms with van der Waals surface area (Å²) in [5, 5.41) is 3.15. The van der Waals surface area contributed by atoms with Gasteiger partial charge in [0.15, 0.2) is 6.17 Å². The molecule has 0 radical (unpaired) electrons. The van der Waals surface area contributed by atoms with E-state index in [4.69, 9.17) is 4.74 Å². The van der Waals surface area contributed by atoms with E-state index >= 15 is 0 Å². The third-order valence-electron chi connectivity index (χ3n) is 10.2. The van der Waals surface area contributed by atoms with E-state index in [1.54, 1.807) is 19.1 Å². The second kappa shape index (κ2) is 7.99. The Labute approximate surface area is 196 Å². The fourth-order valence-electron chi connectivity index (χ4n) is 8.57. The van der Waals surface area contributed by atoms with E-state index in [0.29, 0.717) is 24.2 Å². The number of alkyl halides is 1. The van der Waals surface area contributed by atoms with Crippen LogP contribution in [-0.2, 0) is 9.59 Å². The molecular formula is C27H37FN2O3. The van der Waals surface area contributed by atoms with E-state index in [1.165, 1.54) is 0 Å². The maximum Gasteiger partial charge on any atom is 0.257 e. The minimum absolute atomic E-state index is 0.00953. The van der Waals surface area contributed by atoms with Crippen LogP contribution >= 0.6 is 0 Å². The van der Waals surface area contributed by atoms with Crippen LogP contribution in [0.15, 0.2) is 24.3 Å². The number of nitrogens with one attached hydrogen (secondary N) is 1. The Morgan fingerprint density at radius 1 is 1.12 bits per heavy atom. The maximum absolute atomic E-state index is 14.7. The van der Waals surface area contributed by atoms with Crippen LogP contribution in [0.25, 0.3) is 0 Å². The second-order valence-corrected chi connectivity index (χ2v) is 11.5. The molecule has 1 heterocycles. The average molecular weight is 457 g/mol. The second-order valence-electron chi connectivity index (χ2n) is 11.5. The summed E-state index contributed by atoms with van der Waals surface area (Å²) in [5.74, 6) is 1.90. The summed E-state index contributed by atoms with van der Waals surface area (Å²) < 4.78 is 20.0. The summed E-state index contributed by atoms with van der Waals surface area (Å²) in [6.45, 7) is 4.55. The van der Waals surface area contributed by atoms with Crippen molar-refractivity contribution in [2.75, 3.05) is 19.5 Å². The summed E-state index contributed by atoms with van der Waals surface area (Å²) in [5.41, 5.74) is 0.573. The highest BCUT2D eigenvalue weighted by Crippen LogP contribution is 2.66. The van der Waals surface area contributed by atoms with E-state index in [1.807, 2.05) is 24.3 Å². The molecule has 3 unspecified atom stereocenters. The van der Waals surface area contributed by atoms with E-state index in [-0.39, 0.29) is 34.6 Å². The van der Waals surface area contributed by atoms with E-state index in [0.717, 1.165) is 50.0 Å². The van der Waals surface area contributed by atoms with Crippen molar-refractivity contribution in [2.24, 2.45) is 34.5 Å². The highest BCUT2D eigenvalue weighted by molar-refractivity contribution is 5.93. The predicted octanol–water partition coefficient (Wildman–Crippen LogP) is 5.06. The fraction of sp³-hybridized carbons (Fsp3) is 0.704. The van der Waals surface area contributed by atoms with Gasteiger partial charge >= 0.3 is 0 Å². The summed E-state index contributed by atoms with van der Waals surface area (Å²) in [4.78, 5) is 27.4. The Kier molecular flexibility index (Phi) is 5.49. The van der Waals surface area contributed by atoms with Crippen molar-refractivity contribution in [3.63, 3.8) is 0 Å². The molecule has 0 spiro atoms. The number of halogens is 1. The SMILES string of the molecule is COc1cccc(NC(=O)C2CC[C@H]3[C@@H]4CCC5N(C)C(=O)C(F)C[C@]5(C)[C@@H]4CC[C@]23C)c1.